The highest BCUT2D eigenvalue weighted by atomic mass is 31.2. The summed E-state index contributed by atoms with van der Waals surface area (Å²) in [4.78, 5) is 37.6. The van der Waals surface area contributed by atoms with Crippen LogP contribution in [0, 0.1) is 0 Å². The average molecular weight is 864 g/mol. The molecule has 0 aliphatic carbocycles. The SMILES string of the molecule is CCCCC/C=C/C/C=C/CCCCCCCCCCCC(=O)OC[C@H](COP(=O)([O-])OCC[N+](C)(C)C)OC(=O)CCC/C=C/C/C=C/C/C=C/CCCCCCCC. The van der Waals surface area contributed by atoms with E-state index < -0.39 is 32.5 Å². The van der Waals surface area contributed by atoms with E-state index in [4.69, 9.17) is 18.5 Å². The first-order valence-electron chi connectivity index (χ1n) is 24.0. The number of allylic oxidation sites excluding steroid dienone is 10. The highest BCUT2D eigenvalue weighted by Gasteiger charge is 2.21. The van der Waals surface area contributed by atoms with E-state index >= 15 is 0 Å². The summed E-state index contributed by atoms with van der Waals surface area (Å²) in [6.07, 6.45) is 51.1. The third-order valence-electron chi connectivity index (χ3n) is 10.0. The number of rotatable bonds is 43. The van der Waals surface area contributed by atoms with Crippen LogP contribution in [0.4, 0.5) is 0 Å². The second-order valence-corrected chi connectivity index (χ2v) is 18.5. The van der Waals surface area contributed by atoms with Gasteiger partial charge in [0.25, 0.3) is 7.82 Å². The lowest BCUT2D eigenvalue weighted by Crippen LogP contribution is -2.37. The maximum absolute atomic E-state index is 12.7. The summed E-state index contributed by atoms with van der Waals surface area (Å²) >= 11 is 0. The average Bonchev–Trinajstić information content (AvgIpc) is 3.20. The van der Waals surface area contributed by atoms with Crippen LogP contribution in [0.15, 0.2) is 60.8 Å². The van der Waals surface area contributed by atoms with Gasteiger partial charge < -0.3 is 27.9 Å². The summed E-state index contributed by atoms with van der Waals surface area (Å²) in [7, 11) is 1.13. The maximum atomic E-state index is 12.7. The molecule has 60 heavy (non-hydrogen) atoms. The number of carbonyl (C=O) groups excluding carboxylic acids is 2. The number of esters is 2. The minimum Gasteiger partial charge on any atom is -0.756 e. The van der Waals surface area contributed by atoms with Gasteiger partial charge in [0.05, 0.1) is 27.7 Å². The van der Waals surface area contributed by atoms with Crippen molar-refractivity contribution >= 4 is 19.8 Å². The van der Waals surface area contributed by atoms with Gasteiger partial charge in [0.15, 0.2) is 6.10 Å². The Morgan fingerprint density at radius 3 is 1.42 bits per heavy atom. The molecule has 0 aliphatic heterocycles. The van der Waals surface area contributed by atoms with Crippen LogP contribution in [0.5, 0.6) is 0 Å². The van der Waals surface area contributed by atoms with Gasteiger partial charge in [0.1, 0.15) is 19.8 Å². The van der Waals surface area contributed by atoms with Gasteiger partial charge in [0.2, 0.25) is 0 Å². The standard InChI is InChI=1S/C50H90NO8P/c1-6-8-10-12-14-16-18-20-22-24-25-27-28-30-32-34-36-38-40-42-49(52)56-46-48(47-58-60(54,55)57-45-44-51(3,4)5)59-50(53)43-41-39-37-35-33-31-29-26-23-21-19-17-15-13-11-9-7-2/h14,16,20-23,29,31,35,37,48H,6-13,15,17-19,24-28,30,32-34,36,38-47H2,1-5H3/b16-14+,22-20+,23-21+,31-29+,37-35+/t48-/m1/s1. The number of carbonyl (C=O) groups is 2. The van der Waals surface area contributed by atoms with E-state index in [0.717, 1.165) is 57.8 Å². The lowest BCUT2D eigenvalue weighted by atomic mass is 10.1. The molecule has 0 aromatic carbocycles. The van der Waals surface area contributed by atoms with Gasteiger partial charge in [0, 0.05) is 12.8 Å². The Morgan fingerprint density at radius 1 is 0.517 bits per heavy atom. The van der Waals surface area contributed by atoms with Crippen LogP contribution in [-0.4, -0.2) is 70.0 Å². The first kappa shape index (κ1) is 57.7. The van der Waals surface area contributed by atoms with Gasteiger partial charge >= 0.3 is 11.9 Å². The number of phosphoric ester groups is 1. The van der Waals surface area contributed by atoms with Crippen molar-refractivity contribution < 1.29 is 42.1 Å². The first-order chi connectivity index (χ1) is 29.0. The molecule has 0 heterocycles. The summed E-state index contributed by atoms with van der Waals surface area (Å²) in [6.45, 7) is 4.13. The van der Waals surface area contributed by atoms with Crippen molar-refractivity contribution in [3.8, 4) is 0 Å². The van der Waals surface area contributed by atoms with Crippen LogP contribution in [0.3, 0.4) is 0 Å². The smallest absolute Gasteiger partial charge is 0.306 e. The van der Waals surface area contributed by atoms with E-state index in [1.165, 1.54) is 96.3 Å². The molecule has 1 unspecified atom stereocenters. The van der Waals surface area contributed by atoms with Crippen LogP contribution in [0.2, 0.25) is 0 Å². The Hall–Kier alpha value is -2.29. The van der Waals surface area contributed by atoms with Crippen LogP contribution in [0.25, 0.3) is 0 Å². The van der Waals surface area contributed by atoms with Crippen molar-refractivity contribution in [3.05, 3.63) is 60.8 Å². The summed E-state index contributed by atoms with van der Waals surface area (Å²) in [6, 6.07) is 0. The molecule has 0 radical (unpaired) electrons. The zero-order valence-corrected chi connectivity index (χ0v) is 40.0. The Morgan fingerprint density at radius 2 is 0.917 bits per heavy atom. The lowest BCUT2D eigenvalue weighted by molar-refractivity contribution is -0.870. The molecule has 0 amide bonds. The molecule has 0 aliphatic rings. The van der Waals surface area contributed by atoms with Crippen molar-refractivity contribution in [3.63, 3.8) is 0 Å². The van der Waals surface area contributed by atoms with Crippen molar-refractivity contribution in [1.29, 1.82) is 0 Å². The molecule has 0 saturated heterocycles. The van der Waals surface area contributed by atoms with E-state index in [2.05, 4.69) is 68.5 Å². The molecule has 0 N–H and O–H groups in total. The zero-order valence-electron chi connectivity index (χ0n) is 39.1. The Bertz CT molecular complexity index is 1210. The molecule has 0 rings (SSSR count). The first-order valence-corrected chi connectivity index (χ1v) is 25.5. The van der Waals surface area contributed by atoms with Crippen LogP contribution in [-0.2, 0) is 32.7 Å². The molecule has 0 saturated carbocycles. The van der Waals surface area contributed by atoms with Gasteiger partial charge in [-0.3, -0.25) is 14.2 Å². The summed E-state index contributed by atoms with van der Waals surface area (Å²) in [5.74, 6) is -0.901. The minimum atomic E-state index is -4.64. The second-order valence-electron chi connectivity index (χ2n) is 17.1. The molecular weight excluding hydrogens is 774 g/mol. The molecule has 0 aromatic rings. The number of quaternary nitrogens is 1. The topological polar surface area (TPSA) is 111 Å². The van der Waals surface area contributed by atoms with E-state index in [9.17, 15) is 19.0 Å². The number of ether oxygens (including phenoxy) is 2. The van der Waals surface area contributed by atoms with E-state index in [-0.39, 0.29) is 26.1 Å². The van der Waals surface area contributed by atoms with Crippen molar-refractivity contribution in [2.45, 2.75) is 200 Å². The number of phosphoric acid groups is 1. The largest absolute Gasteiger partial charge is 0.756 e. The zero-order chi connectivity index (χ0) is 44.3. The third-order valence-corrected chi connectivity index (χ3v) is 11.0. The fourth-order valence-electron chi connectivity index (χ4n) is 6.23. The van der Waals surface area contributed by atoms with Crippen LogP contribution in [0.1, 0.15) is 194 Å². The highest BCUT2D eigenvalue weighted by Crippen LogP contribution is 2.38. The van der Waals surface area contributed by atoms with Crippen molar-refractivity contribution in [1.82, 2.24) is 0 Å². The van der Waals surface area contributed by atoms with Gasteiger partial charge in [-0.1, -0.05) is 164 Å². The fraction of sp³-hybridized carbons (Fsp3) is 0.760. The van der Waals surface area contributed by atoms with Crippen LogP contribution >= 0.6 is 7.82 Å². The van der Waals surface area contributed by atoms with E-state index in [1.807, 2.05) is 27.2 Å². The van der Waals surface area contributed by atoms with Crippen molar-refractivity contribution in [2.75, 3.05) is 47.5 Å². The normalized spacial score (nSPS) is 14.0. The number of nitrogens with zero attached hydrogens (tertiary/aromatic N) is 1. The Balaban J connectivity index is 4.39. The van der Waals surface area contributed by atoms with Gasteiger partial charge in [-0.15, -0.1) is 0 Å². The number of hydrogen-bond donors (Lipinski definition) is 0. The molecule has 0 spiro atoms. The number of hydrogen-bond acceptors (Lipinski definition) is 8. The Kier molecular flexibility index (Phi) is 40.4. The quantitative estimate of drug-likeness (QED) is 0.0196. The van der Waals surface area contributed by atoms with Gasteiger partial charge in [-0.05, 0) is 77.0 Å². The predicted molar refractivity (Wildman–Crippen MR) is 250 cm³/mol. The lowest BCUT2D eigenvalue weighted by Gasteiger charge is -2.28. The monoisotopic (exact) mass is 864 g/mol. The minimum absolute atomic E-state index is 0.0427. The van der Waals surface area contributed by atoms with Crippen LogP contribution < -0.4 is 4.89 Å². The summed E-state index contributed by atoms with van der Waals surface area (Å²) < 4.78 is 33.9. The highest BCUT2D eigenvalue weighted by molar-refractivity contribution is 7.45. The molecule has 2 atom stereocenters. The summed E-state index contributed by atoms with van der Waals surface area (Å²) in [5, 5.41) is 0. The Labute approximate surface area is 368 Å². The molecular formula is C50H90NO8P. The molecule has 348 valence electrons. The third kappa shape index (κ3) is 45.2. The molecule has 0 aromatic heterocycles. The summed E-state index contributed by atoms with van der Waals surface area (Å²) in [5.41, 5.74) is 0. The van der Waals surface area contributed by atoms with E-state index in [0.29, 0.717) is 23.9 Å². The van der Waals surface area contributed by atoms with Crippen molar-refractivity contribution in [2.24, 2.45) is 0 Å². The van der Waals surface area contributed by atoms with Gasteiger partial charge in [-0.2, -0.15) is 0 Å². The molecule has 9 nitrogen and oxygen atoms in total. The number of likely N-dealkylation sites (N-methyl/N-ethyl adjacent to an activating group) is 1. The molecule has 0 bridgehead atoms. The van der Waals surface area contributed by atoms with Gasteiger partial charge in [-0.25, -0.2) is 0 Å². The molecule has 10 heteroatoms. The number of unbranched alkanes of at least 4 members (excludes halogenated alkanes) is 19. The molecule has 0 fully saturated rings. The van der Waals surface area contributed by atoms with E-state index in [1.54, 1.807) is 0 Å². The fourth-order valence-corrected chi connectivity index (χ4v) is 6.96. The maximum Gasteiger partial charge on any atom is 0.306 e. The predicted octanol–water partition coefficient (Wildman–Crippen LogP) is 13.4. The second kappa shape index (κ2) is 42.0.